The van der Waals surface area contributed by atoms with Gasteiger partial charge < -0.3 is 5.11 Å². The van der Waals surface area contributed by atoms with Crippen molar-refractivity contribution in [1.29, 1.82) is 5.26 Å². The van der Waals surface area contributed by atoms with Crippen molar-refractivity contribution in [3.05, 3.63) is 62.3 Å². The van der Waals surface area contributed by atoms with Crippen molar-refractivity contribution in [3.63, 3.8) is 0 Å². The second kappa shape index (κ2) is 5.53. The number of rotatable bonds is 2. The molecule has 1 atom stereocenters. The van der Waals surface area contributed by atoms with Crippen LogP contribution in [0.25, 0.3) is 0 Å². The Morgan fingerprint density at radius 3 is 2.38 bits per heavy atom. The number of halogens is 2. The maximum Gasteiger partial charge on any atom is 0.116 e. The van der Waals surface area contributed by atoms with E-state index in [1.807, 2.05) is 30.3 Å². The first-order valence-electron chi connectivity index (χ1n) is 6.53. The molecule has 5 heteroatoms. The molecule has 0 saturated carbocycles. The maximum atomic E-state index is 10.8. The molecule has 3 nitrogen and oxygen atoms in total. The third-order valence-corrected chi connectivity index (χ3v) is 5.04. The summed E-state index contributed by atoms with van der Waals surface area (Å²) in [6.07, 6.45) is 1.80. The van der Waals surface area contributed by atoms with Gasteiger partial charge in [-0.25, -0.2) is 0 Å². The highest BCUT2D eigenvalue weighted by Crippen LogP contribution is 2.46. The van der Waals surface area contributed by atoms with Gasteiger partial charge in [-0.1, -0.05) is 24.3 Å². The van der Waals surface area contributed by atoms with Gasteiger partial charge in [-0.2, -0.15) is 5.26 Å². The minimum absolute atomic E-state index is 0.507. The number of nitrogens with zero attached hydrogens (tertiary/aromatic N) is 2. The summed E-state index contributed by atoms with van der Waals surface area (Å²) in [7, 11) is 0. The first kappa shape index (κ1) is 14.7. The number of pyridine rings is 1. The summed E-state index contributed by atoms with van der Waals surface area (Å²) in [5.74, 6) is 0. The summed E-state index contributed by atoms with van der Waals surface area (Å²) < 4.78 is 1.53. The molecule has 1 aliphatic rings. The van der Waals surface area contributed by atoms with Gasteiger partial charge in [0.05, 0.1) is 17.2 Å². The Morgan fingerprint density at radius 2 is 1.86 bits per heavy atom. The van der Waals surface area contributed by atoms with Crippen LogP contribution >= 0.6 is 31.9 Å². The van der Waals surface area contributed by atoms with E-state index in [0.29, 0.717) is 23.0 Å². The normalized spacial score (nSPS) is 17.0. The molecular weight excluding hydrogens is 396 g/mol. The number of hydrogen-bond acceptors (Lipinski definition) is 3. The van der Waals surface area contributed by atoms with Crippen LogP contribution < -0.4 is 0 Å². The third-order valence-electron chi connectivity index (χ3n) is 3.97. The largest absolute Gasteiger partial charge is 0.385 e. The highest BCUT2D eigenvalue weighted by molar-refractivity contribution is 9.11. The van der Waals surface area contributed by atoms with Gasteiger partial charge in [-0.05, 0) is 61.9 Å². The zero-order chi connectivity index (χ0) is 15.0. The van der Waals surface area contributed by atoms with E-state index < -0.39 is 11.5 Å². The molecule has 0 fully saturated rings. The third kappa shape index (κ3) is 2.52. The van der Waals surface area contributed by atoms with Crippen LogP contribution in [0.15, 0.2) is 45.5 Å². The number of nitriles is 1. The highest BCUT2D eigenvalue weighted by Gasteiger charge is 2.45. The van der Waals surface area contributed by atoms with Gasteiger partial charge in [0.25, 0.3) is 0 Å². The molecule has 1 aliphatic carbocycles. The SMILES string of the molecule is N#CC1(C(O)c2ncc(Br)cc2Br)Cc2ccccc2C1. The van der Waals surface area contributed by atoms with Gasteiger partial charge >= 0.3 is 0 Å². The Hall–Kier alpha value is -1.22. The number of fused-ring (bicyclic) bond motifs is 1. The van der Waals surface area contributed by atoms with E-state index in [1.54, 1.807) is 6.20 Å². The molecular formula is C16H12Br2N2O. The van der Waals surface area contributed by atoms with Gasteiger partial charge in [0.15, 0.2) is 0 Å². The van der Waals surface area contributed by atoms with Crippen molar-refractivity contribution in [2.75, 3.05) is 0 Å². The molecule has 0 amide bonds. The molecule has 1 unspecified atom stereocenters. The van der Waals surface area contributed by atoms with Crippen molar-refractivity contribution >= 4 is 31.9 Å². The zero-order valence-electron chi connectivity index (χ0n) is 11.1. The Morgan fingerprint density at radius 1 is 1.24 bits per heavy atom. The number of aromatic nitrogens is 1. The molecule has 1 heterocycles. The number of aliphatic hydroxyl groups is 1. The van der Waals surface area contributed by atoms with Crippen molar-refractivity contribution in [2.24, 2.45) is 5.41 Å². The molecule has 0 aliphatic heterocycles. The van der Waals surface area contributed by atoms with Crippen molar-refractivity contribution in [1.82, 2.24) is 4.98 Å². The predicted molar refractivity (Wildman–Crippen MR) is 86.5 cm³/mol. The topological polar surface area (TPSA) is 56.9 Å². The summed E-state index contributed by atoms with van der Waals surface area (Å²) in [6.45, 7) is 0. The van der Waals surface area contributed by atoms with Crippen LogP contribution in [0.2, 0.25) is 0 Å². The molecule has 0 bridgehead atoms. The molecule has 1 aromatic carbocycles. The Labute approximate surface area is 139 Å². The van der Waals surface area contributed by atoms with Gasteiger partial charge in [0.1, 0.15) is 6.10 Å². The molecule has 3 rings (SSSR count). The Bertz CT molecular complexity index is 714. The standard InChI is InChI=1S/C16H12Br2N2O/c17-12-5-13(18)14(20-8-12)15(21)16(9-19)6-10-3-1-2-4-11(10)7-16/h1-5,8,15,21H,6-7H2. The molecule has 21 heavy (non-hydrogen) atoms. The average Bonchev–Trinajstić information content (AvgIpc) is 2.86. The van der Waals surface area contributed by atoms with Crippen LogP contribution in [-0.2, 0) is 12.8 Å². The van der Waals surface area contributed by atoms with Crippen molar-refractivity contribution < 1.29 is 5.11 Å². The lowest BCUT2D eigenvalue weighted by Crippen LogP contribution is -2.29. The van der Waals surface area contributed by atoms with E-state index in [-0.39, 0.29) is 0 Å². The molecule has 1 aromatic heterocycles. The predicted octanol–water partition coefficient (Wildman–Crippen LogP) is 3.95. The lowest BCUT2D eigenvalue weighted by molar-refractivity contribution is 0.0648. The van der Waals surface area contributed by atoms with E-state index in [2.05, 4.69) is 42.9 Å². The zero-order valence-corrected chi connectivity index (χ0v) is 14.2. The quantitative estimate of drug-likeness (QED) is 0.819. The maximum absolute atomic E-state index is 10.8. The summed E-state index contributed by atoms with van der Waals surface area (Å²) in [6, 6.07) is 12.1. The van der Waals surface area contributed by atoms with Gasteiger partial charge in [0.2, 0.25) is 0 Å². The molecule has 106 valence electrons. The second-order valence-corrected chi connectivity index (χ2v) is 7.08. The fraction of sp³-hybridized carbons (Fsp3) is 0.250. The molecule has 1 N–H and O–H groups in total. The van der Waals surface area contributed by atoms with Crippen LogP contribution in [0, 0.1) is 16.7 Å². The van der Waals surface area contributed by atoms with Crippen molar-refractivity contribution in [3.8, 4) is 6.07 Å². The molecule has 0 spiro atoms. The van der Waals surface area contributed by atoms with E-state index >= 15 is 0 Å². The monoisotopic (exact) mass is 406 g/mol. The Balaban J connectivity index is 2.00. The van der Waals surface area contributed by atoms with E-state index in [0.717, 1.165) is 15.6 Å². The lowest BCUT2D eigenvalue weighted by Gasteiger charge is -2.27. The smallest absolute Gasteiger partial charge is 0.116 e. The molecule has 2 aromatic rings. The lowest BCUT2D eigenvalue weighted by atomic mass is 9.79. The van der Waals surface area contributed by atoms with Crippen LogP contribution in [0.1, 0.15) is 22.9 Å². The van der Waals surface area contributed by atoms with E-state index in [9.17, 15) is 10.4 Å². The summed E-state index contributed by atoms with van der Waals surface area (Å²) in [5, 5.41) is 20.5. The van der Waals surface area contributed by atoms with Gasteiger partial charge in [0, 0.05) is 15.1 Å². The highest BCUT2D eigenvalue weighted by atomic mass is 79.9. The van der Waals surface area contributed by atoms with Crippen LogP contribution in [-0.4, -0.2) is 10.1 Å². The van der Waals surface area contributed by atoms with Gasteiger partial charge in [-0.3, -0.25) is 4.98 Å². The van der Waals surface area contributed by atoms with Crippen molar-refractivity contribution in [2.45, 2.75) is 18.9 Å². The fourth-order valence-electron chi connectivity index (χ4n) is 2.87. The first-order valence-corrected chi connectivity index (χ1v) is 8.11. The number of hydrogen-bond donors (Lipinski definition) is 1. The van der Waals surface area contributed by atoms with Crippen LogP contribution in [0.4, 0.5) is 0 Å². The average molecular weight is 408 g/mol. The summed E-state index contributed by atoms with van der Waals surface area (Å²) in [4.78, 5) is 4.28. The fourth-order valence-corrected chi connectivity index (χ4v) is 4.07. The summed E-state index contributed by atoms with van der Waals surface area (Å²) in [5.41, 5.74) is 1.91. The number of benzene rings is 1. The minimum atomic E-state index is -0.933. The first-order chi connectivity index (χ1) is 10.1. The molecule has 0 saturated heterocycles. The Kier molecular flexibility index (Phi) is 3.87. The van der Waals surface area contributed by atoms with Crippen LogP contribution in [0.5, 0.6) is 0 Å². The van der Waals surface area contributed by atoms with E-state index in [1.165, 1.54) is 0 Å². The van der Waals surface area contributed by atoms with Crippen LogP contribution in [0.3, 0.4) is 0 Å². The number of aliphatic hydroxyl groups excluding tert-OH is 1. The minimum Gasteiger partial charge on any atom is -0.385 e. The molecule has 0 radical (unpaired) electrons. The second-order valence-electron chi connectivity index (χ2n) is 5.31. The van der Waals surface area contributed by atoms with E-state index in [4.69, 9.17) is 0 Å². The summed E-state index contributed by atoms with van der Waals surface area (Å²) >= 11 is 6.76. The van der Waals surface area contributed by atoms with Gasteiger partial charge in [-0.15, -0.1) is 0 Å².